The van der Waals surface area contributed by atoms with Gasteiger partial charge >= 0.3 is 5.97 Å². The van der Waals surface area contributed by atoms with Crippen LogP contribution in [-0.2, 0) is 21.1 Å². The summed E-state index contributed by atoms with van der Waals surface area (Å²) in [5, 5.41) is 10.2. The first kappa shape index (κ1) is 11.5. The third-order valence-electron chi connectivity index (χ3n) is 2.51. The highest BCUT2D eigenvalue weighted by molar-refractivity contribution is 7.92. The molecule has 0 amide bonds. The van der Waals surface area contributed by atoms with Crippen molar-refractivity contribution in [2.24, 2.45) is 0 Å². The number of sulfone groups is 1. The first-order chi connectivity index (χ1) is 7.49. The smallest absolute Gasteiger partial charge is 0.309 e. The Labute approximate surface area is 97.1 Å². The van der Waals surface area contributed by atoms with E-state index in [9.17, 15) is 13.2 Å². The van der Waals surface area contributed by atoms with Gasteiger partial charge in [0.05, 0.1) is 17.9 Å². The van der Waals surface area contributed by atoms with E-state index in [-0.39, 0.29) is 12.2 Å². The molecule has 2 heterocycles. The molecule has 0 aliphatic carbocycles. The predicted molar refractivity (Wildman–Crippen MR) is 59.2 cm³/mol. The van der Waals surface area contributed by atoms with Crippen LogP contribution in [0.15, 0.2) is 5.38 Å². The number of aromatic nitrogens is 1. The van der Waals surface area contributed by atoms with E-state index in [4.69, 9.17) is 5.11 Å². The van der Waals surface area contributed by atoms with Crippen LogP contribution in [0.5, 0.6) is 0 Å². The highest BCUT2D eigenvalue weighted by Gasteiger charge is 2.34. The van der Waals surface area contributed by atoms with Crippen molar-refractivity contribution in [2.75, 3.05) is 5.75 Å². The van der Waals surface area contributed by atoms with Crippen LogP contribution in [0.3, 0.4) is 0 Å². The minimum atomic E-state index is -3.05. The van der Waals surface area contributed by atoms with Crippen molar-refractivity contribution in [3.63, 3.8) is 0 Å². The number of carboxylic acids is 1. The molecular weight excluding hydrogens is 250 g/mol. The van der Waals surface area contributed by atoms with Crippen LogP contribution in [0.2, 0.25) is 0 Å². The third kappa shape index (κ3) is 2.25. The molecule has 2 rings (SSSR count). The highest BCUT2D eigenvalue weighted by Crippen LogP contribution is 2.36. The number of carboxylic acid groups (broad SMARTS) is 1. The molecule has 1 aromatic heterocycles. The van der Waals surface area contributed by atoms with Crippen molar-refractivity contribution in [3.05, 3.63) is 16.1 Å². The predicted octanol–water partition coefficient (Wildman–Crippen LogP) is 1.02. The second kappa shape index (κ2) is 4.14. The average molecular weight is 261 g/mol. The quantitative estimate of drug-likeness (QED) is 0.878. The Morgan fingerprint density at radius 1 is 1.62 bits per heavy atom. The van der Waals surface area contributed by atoms with E-state index in [2.05, 4.69) is 4.98 Å². The lowest BCUT2D eigenvalue weighted by Crippen LogP contribution is -2.08. The molecule has 1 aromatic rings. The van der Waals surface area contributed by atoms with E-state index in [0.717, 1.165) is 0 Å². The van der Waals surface area contributed by atoms with Gasteiger partial charge in [-0.1, -0.05) is 0 Å². The van der Waals surface area contributed by atoms with Gasteiger partial charge in [-0.15, -0.1) is 11.3 Å². The average Bonchev–Trinajstić information content (AvgIpc) is 2.70. The maximum absolute atomic E-state index is 11.6. The van der Waals surface area contributed by atoms with E-state index < -0.39 is 21.1 Å². The van der Waals surface area contributed by atoms with Gasteiger partial charge in [0.25, 0.3) is 0 Å². The zero-order valence-electron chi connectivity index (χ0n) is 8.42. The maximum Gasteiger partial charge on any atom is 0.309 e. The first-order valence-electron chi connectivity index (χ1n) is 4.87. The van der Waals surface area contributed by atoms with Gasteiger partial charge < -0.3 is 5.11 Å². The molecule has 0 bridgehead atoms. The summed E-state index contributed by atoms with van der Waals surface area (Å²) in [5.74, 6) is -0.739. The summed E-state index contributed by atoms with van der Waals surface area (Å²) in [6, 6.07) is 0. The number of hydrogen-bond donors (Lipinski definition) is 1. The Morgan fingerprint density at radius 3 is 2.94 bits per heavy atom. The van der Waals surface area contributed by atoms with Gasteiger partial charge in [0, 0.05) is 5.38 Å². The molecule has 5 nitrogen and oxygen atoms in total. The molecule has 1 N–H and O–H groups in total. The summed E-state index contributed by atoms with van der Waals surface area (Å²) in [6.07, 6.45) is 1.12. The maximum atomic E-state index is 11.6. The van der Waals surface area contributed by atoms with Crippen LogP contribution < -0.4 is 0 Å². The summed E-state index contributed by atoms with van der Waals surface area (Å²) in [5.41, 5.74) is 0.439. The molecule has 0 aromatic carbocycles. The molecule has 1 aliphatic heterocycles. The van der Waals surface area contributed by atoms with Crippen molar-refractivity contribution in [1.82, 2.24) is 4.98 Å². The number of aliphatic carboxylic acids is 1. The lowest BCUT2D eigenvalue weighted by Gasteiger charge is -2.03. The topological polar surface area (TPSA) is 84.3 Å². The second-order valence-electron chi connectivity index (χ2n) is 3.75. The van der Waals surface area contributed by atoms with Gasteiger partial charge in [0.15, 0.2) is 9.84 Å². The summed E-state index contributed by atoms with van der Waals surface area (Å²) in [6.45, 7) is 0. The van der Waals surface area contributed by atoms with Gasteiger partial charge in [-0.3, -0.25) is 4.79 Å². The molecule has 88 valence electrons. The van der Waals surface area contributed by atoms with E-state index in [1.807, 2.05) is 0 Å². The highest BCUT2D eigenvalue weighted by atomic mass is 32.2. The molecule has 1 unspecified atom stereocenters. The lowest BCUT2D eigenvalue weighted by molar-refractivity contribution is -0.136. The minimum absolute atomic E-state index is 0.150. The molecule has 1 saturated heterocycles. The first-order valence-corrected chi connectivity index (χ1v) is 7.46. The Hall–Kier alpha value is -0.950. The number of thiazole rings is 1. The molecule has 0 radical (unpaired) electrons. The molecule has 1 fully saturated rings. The van der Waals surface area contributed by atoms with Crippen molar-refractivity contribution in [1.29, 1.82) is 0 Å². The van der Waals surface area contributed by atoms with Crippen molar-refractivity contribution in [3.8, 4) is 0 Å². The van der Waals surface area contributed by atoms with E-state index in [1.54, 1.807) is 5.38 Å². The Bertz CT molecular complexity index is 505. The van der Waals surface area contributed by atoms with Gasteiger partial charge in [-0.05, 0) is 12.8 Å². The Morgan fingerprint density at radius 2 is 2.38 bits per heavy atom. The zero-order valence-corrected chi connectivity index (χ0v) is 10.1. The van der Waals surface area contributed by atoms with E-state index in [1.165, 1.54) is 11.3 Å². The molecule has 1 aliphatic rings. The molecule has 7 heteroatoms. The van der Waals surface area contributed by atoms with Gasteiger partial charge in [-0.25, -0.2) is 13.4 Å². The van der Waals surface area contributed by atoms with Crippen LogP contribution >= 0.6 is 11.3 Å². The number of rotatable bonds is 3. The second-order valence-corrected chi connectivity index (χ2v) is 6.94. The lowest BCUT2D eigenvalue weighted by atomic mass is 10.2. The monoisotopic (exact) mass is 261 g/mol. The molecular formula is C9H11NO4S2. The standard InChI is InChI=1S/C9H11NO4S2/c11-8(12)4-6-5-15-9(10-6)7-2-1-3-16(7,13)14/h5,7H,1-4H2,(H,11,12). The van der Waals surface area contributed by atoms with Gasteiger partial charge in [0.2, 0.25) is 0 Å². The van der Waals surface area contributed by atoms with E-state index in [0.29, 0.717) is 23.5 Å². The van der Waals surface area contributed by atoms with Crippen LogP contribution in [-0.4, -0.2) is 30.2 Å². The zero-order chi connectivity index (χ0) is 11.8. The van der Waals surface area contributed by atoms with Crippen molar-refractivity contribution < 1.29 is 18.3 Å². The molecule has 16 heavy (non-hydrogen) atoms. The number of hydrogen-bond acceptors (Lipinski definition) is 5. The normalized spacial score (nSPS) is 23.4. The van der Waals surface area contributed by atoms with Crippen molar-refractivity contribution >= 4 is 27.1 Å². The summed E-state index contributed by atoms with van der Waals surface area (Å²) in [7, 11) is -3.05. The van der Waals surface area contributed by atoms with Crippen LogP contribution in [0.4, 0.5) is 0 Å². The fourth-order valence-electron chi connectivity index (χ4n) is 1.78. The Kier molecular flexibility index (Phi) is 2.98. The fourth-order valence-corrected chi connectivity index (χ4v) is 4.95. The van der Waals surface area contributed by atoms with Crippen molar-refractivity contribution in [2.45, 2.75) is 24.5 Å². The largest absolute Gasteiger partial charge is 0.481 e. The molecule has 0 saturated carbocycles. The summed E-state index contributed by atoms with van der Waals surface area (Å²) < 4.78 is 23.3. The third-order valence-corrected chi connectivity index (χ3v) is 5.85. The number of nitrogens with zero attached hydrogens (tertiary/aromatic N) is 1. The molecule has 1 atom stereocenters. The molecule has 0 spiro atoms. The van der Waals surface area contributed by atoms with Crippen LogP contribution in [0.1, 0.15) is 28.8 Å². The summed E-state index contributed by atoms with van der Waals surface area (Å²) in [4.78, 5) is 14.6. The minimum Gasteiger partial charge on any atom is -0.481 e. The van der Waals surface area contributed by atoms with Crippen LogP contribution in [0, 0.1) is 0 Å². The van der Waals surface area contributed by atoms with Gasteiger partial charge in [0.1, 0.15) is 10.3 Å². The summed E-state index contributed by atoms with van der Waals surface area (Å²) >= 11 is 1.24. The van der Waals surface area contributed by atoms with E-state index >= 15 is 0 Å². The SMILES string of the molecule is O=C(O)Cc1csc(C2CCCS2(=O)=O)n1. The number of carbonyl (C=O) groups is 1. The van der Waals surface area contributed by atoms with Gasteiger partial charge in [-0.2, -0.15) is 0 Å². The van der Waals surface area contributed by atoms with Crippen LogP contribution in [0.25, 0.3) is 0 Å². The fraction of sp³-hybridized carbons (Fsp3) is 0.556. The Balaban J connectivity index is 2.22.